The maximum atomic E-state index is 10.1. The third kappa shape index (κ3) is 2.32. The number of aliphatic hydroxyl groups is 1. The van der Waals surface area contributed by atoms with Gasteiger partial charge in [-0.15, -0.1) is 11.3 Å². The summed E-state index contributed by atoms with van der Waals surface area (Å²) < 4.78 is 0.811. The highest BCUT2D eigenvalue weighted by molar-refractivity contribution is 9.10. The summed E-state index contributed by atoms with van der Waals surface area (Å²) in [5.74, 6) is 2.73. The third-order valence-corrected chi connectivity index (χ3v) is 5.49. The Kier molecular flexibility index (Phi) is 3.87. The van der Waals surface area contributed by atoms with E-state index in [1.54, 1.807) is 5.51 Å². The van der Waals surface area contributed by atoms with E-state index in [0.29, 0.717) is 5.92 Å². The highest BCUT2D eigenvalue weighted by Crippen LogP contribution is 2.37. The molecule has 0 saturated carbocycles. The van der Waals surface area contributed by atoms with Crippen LogP contribution in [0.4, 0.5) is 0 Å². The van der Waals surface area contributed by atoms with E-state index in [-0.39, 0.29) is 6.10 Å². The van der Waals surface area contributed by atoms with Crippen molar-refractivity contribution in [3.05, 3.63) is 15.0 Å². The molecule has 0 bridgehead atoms. The first-order chi connectivity index (χ1) is 6.79. The summed E-state index contributed by atoms with van der Waals surface area (Å²) in [4.78, 5) is 5.08. The van der Waals surface area contributed by atoms with E-state index in [1.165, 1.54) is 23.5 Å². The Hall–Kier alpha value is 0.420. The van der Waals surface area contributed by atoms with Gasteiger partial charge in [0.05, 0.1) is 16.5 Å². The van der Waals surface area contributed by atoms with Gasteiger partial charge in [0.2, 0.25) is 0 Å². The molecular weight excluding hydrogens is 282 g/mol. The molecule has 2 heterocycles. The molecule has 1 aromatic heterocycles. The number of hydrogen-bond donors (Lipinski definition) is 1. The van der Waals surface area contributed by atoms with Crippen LogP contribution in [-0.2, 0) is 0 Å². The summed E-state index contributed by atoms with van der Waals surface area (Å²) in [6.45, 7) is 0. The van der Waals surface area contributed by atoms with Gasteiger partial charge in [-0.25, -0.2) is 4.98 Å². The molecular formula is C9H12BrNOS2. The van der Waals surface area contributed by atoms with E-state index in [4.69, 9.17) is 0 Å². The van der Waals surface area contributed by atoms with Crippen molar-refractivity contribution in [3.63, 3.8) is 0 Å². The van der Waals surface area contributed by atoms with Gasteiger partial charge in [0.1, 0.15) is 4.60 Å². The van der Waals surface area contributed by atoms with E-state index in [1.807, 2.05) is 11.8 Å². The molecule has 1 aromatic rings. The minimum Gasteiger partial charge on any atom is -0.387 e. The van der Waals surface area contributed by atoms with Crippen LogP contribution in [0.2, 0.25) is 0 Å². The van der Waals surface area contributed by atoms with Crippen molar-refractivity contribution in [2.45, 2.75) is 18.9 Å². The van der Waals surface area contributed by atoms with Crippen LogP contribution in [0.25, 0.3) is 0 Å². The smallest absolute Gasteiger partial charge is 0.122 e. The summed E-state index contributed by atoms with van der Waals surface area (Å²) in [6, 6.07) is 0. The number of halogens is 1. The Labute approximate surface area is 100 Å². The zero-order chi connectivity index (χ0) is 9.97. The van der Waals surface area contributed by atoms with Crippen molar-refractivity contribution >= 4 is 39.0 Å². The number of thiazole rings is 1. The molecule has 1 N–H and O–H groups in total. The van der Waals surface area contributed by atoms with E-state index in [9.17, 15) is 5.11 Å². The molecule has 14 heavy (non-hydrogen) atoms. The van der Waals surface area contributed by atoms with Crippen LogP contribution in [0, 0.1) is 5.92 Å². The van der Waals surface area contributed by atoms with Crippen LogP contribution in [0.15, 0.2) is 10.1 Å². The van der Waals surface area contributed by atoms with Crippen LogP contribution >= 0.6 is 39.0 Å². The van der Waals surface area contributed by atoms with Crippen LogP contribution < -0.4 is 0 Å². The van der Waals surface area contributed by atoms with E-state index >= 15 is 0 Å². The maximum absolute atomic E-state index is 10.1. The van der Waals surface area contributed by atoms with E-state index in [0.717, 1.165) is 21.7 Å². The lowest BCUT2D eigenvalue weighted by molar-refractivity contribution is 0.116. The molecule has 0 spiro atoms. The lowest BCUT2D eigenvalue weighted by atomic mass is 9.98. The molecule has 1 fully saturated rings. The van der Waals surface area contributed by atoms with E-state index in [2.05, 4.69) is 20.9 Å². The number of rotatable bonds is 2. The van der Waals surface area contributed by atoms with Gasteiger partial charge in [-0.05, 0) is 46.2 Å². The fourth-order valence-electron chi connectivity index (χ4n) is 1.66. The average molecular weight is 294 g/mol. The molecule has 2 atom stereocenters. The number of thioether (sulfide) groups is 1. The highest BCUT2D eigenvalue weighted by atomic mass is 79.9. The van der Waals surface area contributed by atoms with Crippen LogP contribution in [0.3, 0.4) is 0 Å². The predicted octanol–water partition coefficient (Wildman–Crippen LogP) is 3.08. The normalized spacial score (nSPS) is 24.9. The number of aliphatic hydroxyl groups excluding tert-OH is 1. The molecule has 2 unspecified atom stereocenters. The number of aromatic nitrogens is 1. The van der Waals surface area contributed by atoms with Crippen LogP contribution in [-0.4, -0.2) is 21.6 Å². The summed E-state index contributed by atoms with van der Waals surface area (Å²) in [5, 5.41) is 10.1. The van der Waals surface area contributed by atoms with E-state index < -0.39 is 0 Å². The Balaban J connectivity index is 2.07. The van der Waals surface area contributed by atoms with Crippen molar-refractivity contribution in [1.82, 2.24) is 4.98 Å². The first-order valence-electron chi connectivity index (χ1n) is 4.63. The zero-order valence-corrected chi connectivity index (χ0v) is 10.9. The average Bonchev–Trinajstić information content (AvgIpc) is 2.65. The van der Waals surface area contributed by atoms with Crippen molar-refractivity contribution in [2.24, 2.45) is 5.92 Å². The Morgan fingerprint density at radius 1 is 1.64 bits per heavy atom. The predicted molar refractivity (Wildman–Crippen MR) is 64.8 cm³/mol. The second-order valence-corrected chi connectivity index (χ2v) is 6.22. The van der Waals surface area contributed by atoms with Crippen molar-refractivity contribution in [3.8, 4) is 0 Å². The van der Waals surface area contributed by atoms with Gasteiger partial charge in [-0.3, -0.25) is 0 Å². The monoisotopic (exact) mass is 293 g/mol. The largest absolute Gasteiger partial charge is 0.387 e. The lowest BCUT2D eigenvalue weighted by Gasteiger charge is -2.25. The topological polar surface area (TPSA) is 33.1 Å². The van der Waals surface area contributed by atoms with Crippen molar-refractivity contribution < 1.29 is 5.11 Å². The van der Waals surface area contributed by atoms with Crippen LogP contribution in [0.1, 0.15) is 23.8 Å². The SMILES string of the molecule is OC(c1scnc1Br)C1CCCSC1. The molecule has 1 saturated heterocycles. The molecule has 78 valence electrons. The standard InChI is InChI=1S/C9H12BrNOS2/c10-9-8(14-5-11-9)7(12)6-2-1-3-13-4-6/h5-7,12H,1-4H2. The summed E-state index contributed by atoms with van der Waals surface area (Å²) >= 11 is 6.84. The summed E-state index contributed by atoms with van der Waals surface area (Å²) in [7, 11) is 0. The molecule has 0 amide bonds. The van der Waals surface area contributed by atoms with Crippen molar-refractivity contribution in [2.75, 3.05) is 11.5 Å². The fourth-order valence-corrected chi connectivity index (χ4v) is 4.36. The second-order valence-electron chi connectivity index (χ2n) is 3.43. The minimum atomic E-state index is -0.329. The summed E-state index contributed by atoms with van der Waals surface area (Å²) in [6.07, 6.45) is 2.03. The lowest BCUT2D eigenvalue weighted by Crippen LogP contribution is -2.18. The Bertz CT molecular complexity index is 299. The number of hydrogen-bond acceptors (Lipinski definition) is 4. The highest BCUT2D eigenvalue weighted by Gasteiger charge is 2.26. The quantitative estimate of drug-likeness (QED) is 0.910. The summed E-state index contributed by atoms with van der Waals surface area (Å²) in [5.41, 5.74) is 1.78. The molecule has 5 heteroatoms. The van der Waals surface area contributed by atoms with Gasteiger partial charge >= 0.3 is 0 Å². The van der Waals surface area contributed by atoms with Gasteiger partial charge in [0, 0.05) is 0 Å². The van der Waals surface area contributed by atoms with Gasteiger partial charge < -0.3 is 5.11 Å². The maximum Gasteiger partial charge on any atom is 0.122 e. The Morgan fingerprint density at radius 3 is 3.07 bits per heavy atom. The molecule has 0 aromatic carbocycles. The van der Waals surface area contributed by atoms with Crippen molar-refractivity contribution in [1.29, 1.82) is 0 Å². The first-order valence-corrected chi connectivity index (χ1v) is 7.46. The molecule has 0 radical (unpaired) electrons. The molecule has 1 aliphatic heterocycles. The third-order valence-electron chi connectivity index (χ3n) is 2.46. The van der Waals surface area contributed by atoms with Gasteiger partial charge in [0.15, 0.2) is 0 Å². The second kappa shape index (κ2) is 4.96. The van der Waals surface area contributed by atoms with Gasteiger partial charge in [-0.2, -0.15) is 11.8 Å². The zero-order valence-electron chi connectivity index (χ0n) is 7.65. The van der Waals surface area contributed by atoms with Gasteiger partial charge in [0.25, 0.3) is 0 Å². The molecule has 1 aliphatic rings. The van der Waals surface area contributed by atoms with Gasteiger partial charge in [-0.1, -0.05) is 0 Å². The number of nitrogens with zero attached hydrogens (tertiary/aromatic N) is 1. The minimum absolute atomic E-state index is 0.329. The molecule has 2 nitrogen and oxygen atoms in total. The molecule has 0 aliphatic carbocycles. The first kappa shape index (κ1) is 10.9. The Morgan fingerprint density at radius 2 is 2.50 bits per heavy atom. The molecule has 2 rings (SSSR count). The van der Waals surface area contributed by atoms with Crippen LogP contribution in [0.5, 0.6) is 0 Å². The fraction of sp³-hybridized carbons (Fsp3) is 0.667.